The number of alkyl halides is 3. The second-order valence-corrected chi connectivity index (χ2v) is 5.63. The second kappa shape index (κ2) is 5.94. The van der Waals surface area contributed by atoms with Gasteiger partial charge in [0.2, 0.25) is 0 Å². The molecule has 0 heterocycles. The zero-order chi connectivity index (χ0) is 15.8. The Bertz CT molecular complexity index is 673. The summed E-state index contributed by atoms with van der Waals surface area (Å²) < 4.78 is 51.9. The van der Waals surface area contributed by atoms with Crippen LogP contribution in [0.4, 0.5) is 17.6 Å². The first kappa shape index (κ1) is 16.3. The third-order valence-electron chi connectivity index (χ3n) is 2.86. The van der Waals surface area contributed by atoms with Gasteiger partial charge in [0.1, 0.15) is 11.9 Å². The van der Waals surface area contributed by atoms with Gasteiger partial charge in [-0.1, -0.05) is 33.6 Å². The van der Waals surface area contributed by atoms with Crippen LogP contribution < -0.4 is 0 Å². The van der Waals surface area contributed by atoms with Gasteiger partial charge in [-0.05, 0) is 35.9 Å². The van der Waals surface area contributed by atoms with E-state index >= 15 is 0 Å². The summed E-state index contributed by atoms with van der Waals surface area (Å²) in [5.41, 5.74) is -1.29. The summed E-state index contributed by atoms with van der Waals surface area (Å²) in [6.45, 7) is 0. The minimum atomic E-state index is -4.83. The Hall–Kier alpha value is -1.11. The van der Waals surface area contributed by atoms with Crippen LogP contribution in [0.3, 0.4) is 0 Å². The molecule has 0 bridgehead atoms. The lowest BCUT2D eigenvalue weighted by molar-refractivity contribution is -0.140. The van der Waals surface area contributed by atoms with E-state index in [1.54, 1.807) is 6.07 Å². The van der Waals surface area contributed by atoms with Crippen molar-refractivity contribution in [2.45, 2.75) is 12.3 Å². The standard InChI is InChI=1S/C14H8BrClF4O/c15-8-2-3-11(16)9(6-8)13(21)7-1-4-12(17)10(5-7)14(18,19)20/h1-6,13,21H. The molecule has 0 aliphatic carbocycles. The lowest BCUT2D eigenvalue weighted by atomic mass is 9.99. The summed E-state index contributed by atoms with van der Waals surface area (Å²) in [7, 11) is 0. The van der Waals surface area contributed by atoms with Crippen molar-refractivity contribution in [1.82, 2.24) is 0 Å². The molecule has 0 amide bonds. The molecule has 0 aliphatic rings. The van der Waals surface area contributed by atoms with Crippen molar-refractivity contribution in [2.24, 2.45) is 0 Å². The molecule has 1 N–H and O–H groups in total. The smallest absolute Gasteiger partial charge is 0.384 e. The molecule has 1 unspecified atom stereocenters. The number of hydrogen-bond donors (Lipinski definition) is 1. The number of aliphatic hydroxyl groups is 1. The molecule has 0 fully saturated rings. The van der Waals surface area contributed by atoms with Crippen LogP contribution in [-0.2, 0) is 6.18 Å². The van der Waals surface area contributed by atoms with Crippen molar-refractivity contribution < 1.29 is 22.7 Å². The van der Waals surface area contributed by atoms with Gasteiger partial charge in [-0.25, -0.2) is 4.39 Å². The highest BCUT2D eigenvalue weighted by molar-refractivity contribution is 9.10. The molecule has 0 saturated carbocycles. The largest absolute Gasteiger partial charge is 0.419 e. The lowest BCUT2D eigenvalue weighted by Gasteiger charge is -2.16. The summed E-state index contributed by atoms with van der Waals surface area (Å²) in [5, 5.41) is 10.4. The Kier molecular flexibility index (Phi) is 4.60. The summed E-state index contributed by atoms with van der Waals surface area (Å²) in [6, 6.07) is 6.96. The van der Waals surface area contributed by atoms with E-state index in [0.717, 1.165) is 6.07 Å². The van der Waals surface area contributed by atoms with Crippen molar-refractivity contribution in [3.8, 4) is 0 Å². The third-order valence-corrected chi connectivity index (χ3v) is 3.70. The van der Waals surface area contributed by atoms with Crippen molar-refractivity contribution in [3.63, 3.8) is 0 Å². The third kappa shape index (κ3) is 3.56. The molecule has 2 aromatic rings. The van der Waals surface area contributed by atoms with Crippen LogP contribution in [0.15, 0.2) is 40.9 Å². The van der Waals surface area contributed by atoms with E-state index in [4.69, 9.17) is 11.6 Å². The van der Waals surface area contributed by atoms with Crippen LogP contribution >= 0.6 is 27.5 Å². The Morgan fingerprint density at radius 3 is 2.38 bits per heavy atom. The predicted molar refractivity (Wildman–Crippen MR) is 74.6 cm³/mol. The Labute approximate surface area is 131 Å². The molecule has 1 nitrogen and oxygen atoms in total. The van der Waals surface area contributed by atoms with E-state index in [1.807, 2.05) is 0 Å². The van der Waals surface area contributed by atoms with Gasteiger partial charge in [0.25, 0.3) is 0 Å². The fourth-order valence-corrected chi connectivity index (χ4v) is 2.43. The summed E-state index contributed by atoms with van der Waals surface area (Å²) in [5.74, 6) is -1.39. The fraction of sp³-hybridized carbons (Fsp3) is 0.143. The first-order chi connectivity index (χ1) is 9.70. The molecule has 1 atom stereocenters. The molecule has 0 aliphatic heterocycles. The van der Waals surface area contributed by atoms with Gasteiger partial charge in [-0.2, -0.15) is 13.2 Å². The van der Waals surface area contributed by atoms with Gasteiger partial charge in [0.05, 0.1) is 5.56 Å². The first-order valence-corrected chi connectivity index (χ1v) is 6.87. The molecule has 0 radical (unpaired) electrons. The minimum Gasteiger partial charge on any atom is -0.384 e. The first-order valence-electron chi connectivity index (χ1n) is 5.70. The molecular weight excluding hydrogens is 376 g/mol. The van der Waals surface area contributed by atoms with Gasteiger partial charge >= 0.3 is 6.18 Å². The van der Waals surface area contributed by atoms with Crippen molar-refractivity contribution in [3.05, 3.63) is 68.4 Å². The van der Waals surface area contributed by atoms with Crippen molar-refractivity contribution >= 4 is 27.5 Å². The number of halogens is 6. The van der Waals surface area contributed by atoms with Crippen LogP contribution in [-0.4, -0.2) is 5.11 Å². The maximum atomic E-state index is 13.2. The molecule has 21 heavy (non-hydrogen) atoms. The van der Waals surface area contributed by atoms with E-state index in [-0.39, 0.29) is 16.1 Å². The summed E-state index contributed by atoms with van der Waals surface area (Å²) in [6.07, 6.45) is -6.22. The zero-order valence-corrected chi connectivity index (χ0v) is 12.6. The monoisotopic (exact) mass is 382 g/mol. The van der Waals surface area contributed by atoms with E-state index in [0.29, 0.717) is 16.6 Å². The van der Waals surface area contributed by atoms with Gasteiger partial charge in [-0.3, -0.25) is 0 Å². The lowest BCUT2D eigenvalue weighted by Crippen LogP contribution is -2.10. The molecule has 2 aromatic carbocycles. The molecule has 0 saturated heterocycles. The SMILES string of the molecule is OC(c1ccc(F)c(C(F)(F)F)c1)c1cc(Br)ccc1Cl. The molecular formula is C14H8BrClF4O. The number of hydrogen-bond acceptors (Lipinski definition) is 1. The van der Waals surface area contributed by atoms with E-state index in [1.165, 1.54) is 12.1 Å². The van der Waals surface area contributed by atoms with Crippen molar-refractivity contribution in [1.29, 1.82) is 0 Å². The van der Waals surface area contributed by atoms with Crippen molar-refractivity contribution in [2.75, 3.05) is 0 Å². The van der Waals surface area contributed by atoms with Gasteiger partial charge in [0.15, 0.2) is 0 Å². The van der Waals surface area contributed by atoms with Crippen LogP contribution in [0.2, 0.25) is 5.02 Å². The van der Waals surface area contributed by atoms with Crippen LogP contribution in [0.25, 0.3) is 0 Å². The number of benzene rings is 2. The summed E-state index contributed by atoms with van der Waals surface area (Å²) in [4.78, 5) is 0. The Balaban J connectivity index is 2.49. The molecule has 112 valence electrons. The highest BCUT2D eigenvalue weighted by Crippen LogP contribution is 2.36. The van der Waals surface area contributed by atoms with Crippen LogP contribution in [0.5, 0.6) is 0 Å². The number of aliphatic hydroxyl groups excluding tert-OH is 1. The van der Waals surface area contributed by atoms with Crippen LogP contribution in [0.1, 0.15) is 22.8 Å². The van der Waals surface area contributed by atoms with Gasteiger partial charge < -0.3 is 5.11 Å². The second-order valence-electron chi connectivity index (χ2n) is 4.31. The fourth-order valence-electron chi connectivity index (χ4n) is 1.83. The molecule has 0 aromatic heterocycles. The Morgan fingerprint density at radius 1 is 1.10 bits per heavy atom. The maximum Gasteiger partial charge on any atom is 0.419 e. The zero-order valence-electron chi connectivity index (χ0n) is 10.3. The highest BCUT2D eigenvalue weighted by atomic mass is 79.9. The minimum absolute atomic E-state index is 0.0938. The molecule has 2 rings (SSSR count). The maximum absolute atomic E-state index is 13.2. The average Bonchev–Trinajstić information content (AvgIpc) is 2.40. The topological polar surface area (TPSA) is 20.2 Å². The normalized spacial score (nSPS) is 13.3. The van der Waals surface area contributed by atoms with E-state index in [9.17, 15) is 22.7 Å². The highest BCUT2D eigenvalue weighted by Gasteiger charge is 2.34. The predicted octanol–water partition coefficient (Wildman–Crippen LogP) is 5.34. The molecule has 0 spiro atoms. The van der Waals surface area contributed by atoms with Gasteiger partial charge in [-0.15, -0.1) is 0 Å². The number of rotatable bonds is 2. The van der Waals surface area contributed by atoms with E-state index < -0.39 is 23.7 Å². The molecule has 7 heteroatoms. The van der Waals surface area contributed by atoms with Crippen LogP contribution in [0, 0.1) is 5.82 Å². The summed E-state index contributed by atoms with van der Waals surface area (Å²) >= 11 is 9.11. The average molecular weight is 384 g/mol. The Morgan fingerprint density at radius 2 is 1.76 bits per heavy atom. The van der Waals surface area contributed by atoms with E-state index in [2.05, 4.69) is 15.9 Å². The quantitative estimate of drug-likeness (QED) is 0.694. The van der Waals surface area contributed by atoms with Gasteiger partial charge in [0, 0.05) is 15.1 Å².